The lowest BCUT2D eigenvalue weighted by Gasteiger charge is -2.33. The van der Waals surface area contributed by atoms with Crippen LogP contribution in [0.3, 0.4) is 0 Å². The molecule has 118 valence electrons. The molecule has 0 amide bonds. The van der Waals surface area contributed by atoms with Crippen molar-refractivity contribution in [1.82, 2.24) is 9.97 Å². The molecule has 2 heterocycles. The minimum atomic E-state index is 0.0953. The van der Waals surface area contributed by atoms with Gasteiger partial charge in [-0.3, -0.25) is 0 Å². The van der Waals surface area contributed by atoms with Gasteiger partial charge in [-0.2, -0.15) is 0 Å². The fraction of sp³-hybridized carbons (Fsp3) is 0.733. The molecule has 1 aromatic heterocycles. The van der Waals surface area contributed by atoms with E-state index in [9.17, 15) is 0 Å². The fourth-order valence-electron chi connectivity index (χ4n) is 2.55. The van der Waals surface area contributed by atoms with Crippen LogP contribution >= 0.6 is 0 Å². The number of nitrogens with zero attached hydrogens (tertiary/aromatic N) is 3. The normalized spacial score (nSPS) is 16.2. The second kappa shape index (κ2) is 8.14. The van der Waals surface area contributed by atoms with Gasteiger partial charge < -0.3 is 20.1 Å². The topological polar surface area (TPSA) is 70.5 Å². The summed E-state index contributed by atoms with van der Waals surface area (Å²) in [6, 6.07) is 2.03. The van der Waals surface area contributed by atoms with Crippen molar-refractivity contribution in [3.05, 3.63) is 11.9 Å². The molecule has 6 heteroatoms. The summed E-state index contributed by atoms with van der Waals surface area (Å²) in [4.78, 5) is 11.4. The molecular formula is C15H26N4O2. The van der Waals surface area contributed by atoms with Crippen LogP contribution in [0.4, 0.5) is 11.6 Å². The zero-order valence-corrected chi connectivity index (χ0v) is 13.0. The summed E-state index contributed by atoms with van der Waals surface area (Å²) < 4.78 is 5.60. The van der Waals surface area contributed by atoms with E-state index in [1.165, 1.54) is 0 Å². The van der Waals surface area contributed by atoms with Crippen LogP contribution in [-0.4, -0.2) is 54.0 Å². The molecule has 1 aromatic rings. The van der Waals surface area contributed by atoms with E-state index >= 15 is 0 Å². The number of rotatable bonds is 7. The smallest absolute Gasteiger partial charge is 0.134 e. The number of ether oxygens (including phenoxy) is 1. The van der Waals surface area contributed by atoms with Crippen molar-refractivity contribution in [3.63, 3.8) is 0 Å². The lowest BCUT2D eigenvalue weighted by atomic mass is 10.1. The maximum Gasteiger partial charge on any atom is 0.134 e. The van der Waals surface area contributed by atoms with Gasteiger partial charge in [0.15, 0.2) is 0 Å². The van der Waals surface area contributed by atoms with Crippen molar-refractivity contribution in [2.24, 2.45) is 0 Å². The molecule has 0 saturated carbocycles. The number of piperidine rings is 1. The number of aliphatic hydroxyl groups excluding tert-OH is 1. The minimum Gasteiger partial charge on any atom is -0.394 e. The molecule has 6 nitrogen and oxygen atoms in total. The van der Waals surface area contributed by atoms with E-state index in [1.807, 2.05) is 6.07 Å². The monoisotopic (exact) mass is 294 g/mol. The van der Waals surface area contributed by atoms with Crippen LogP contribution in [0.15, 0.2) is 6.07 Å². The molecule has 0 bridgehead atoms. The number of hydrogen-bond donors (Lipinski definition) is 2. The maximum atomic E-state index is 8.81. The number of aliphatic hydroxyl groups is 1. The second-order valence-corrected chi connectivity index (χ2v) is 5.19. The third-order valence-corrected chi connectivity index (χ3v) is 3.64. The molecule has 1 aliphatic heterocycles. The Morgan fingerprint density at radius 1 is 1.33 bits per heavy atom. The van der Waals surface area contributed by atoms with E-state index in [0.717, 1.165) is 56.4 Å². The van der Waals surface area contributed by atoms with E-state index in [-0.39, 0.29) is 12.7 Å². The van der Waals surface area contributed by atoms with Gasteiger partial charge in [0.1, 0.15) is 17.5 Å². The quantitative estimate of drug-likeness (QED) is 0.793. The van der Waals surface area contributed by atoms with Crippen molar-refractivity contribution >= 4 is 11.6 Å². The Morgan fingerprint density at radius 2 is 2.10 bits per heavy atom. The highest BCUT2D eigenvalue weighted by atomic mass is 16.5. The van der Waals surface area contributed by atoms with Crippen molar-refractivity contribution in [2.75, 3.05) is 43.1 Å². The lowest BCUT2D eigenvalue weighted by molar-refractivity contribution is 0.0158. The van der Waals surface area contributed by atoms with E-state index in [0.29, 0.717) is 6.61 Å². The molecule has 0 spiro atoms. The molecule has 1 fully saturated rings. The summed E-state index contributed by atoms with van der Waals surface area (Å²) in [6.45, 7) is 7.39. The zero-order valence-electron chi connectivity index (χ0n) is 13.0. The number of hydrogen-bond acceptors (Lipinski definition) is 6. The molecule has 21 heavy (non-hydrogen) atoms. The van der Waals surface area contributed by atoms with Crippen molar-refractivity contribution < 1.29 is 9.84 Å². The van der Waals surface area contributed by atoms with Crippen LogP contribution in [0.2, 0.25) is 0 Å². The van der Waals surface area contributed by atoms with Crippen LogP contribution in [-0.2, 0) is 11.2 Å². The first-order valence-electron chi connectivity index (χ1n) is 7.86. The Labute approximate surface area is 126 Å². The third kappa shape index (κ3) is 4.54. The molecule has 1 aliphatic rings. The van der Waals surface area contributed by atoms with Crippen molar-refractivity contribution in [2.45, 2.75) is 39.2 Å². The predicted octanol–water partition coefficient (Wildman–Crippen LogP) is 1.45. The molecule has 0 aromatic carbocycles. The average Bonchev–Trinajstić information content (AvgIpc) is 2.53. The third-order valence-electron chi connectivity index (χ3n) is 3.64. The first-order chi connectivity index (χ1) is 10.3. The minimum absolute atomic E-state index is 0.0953. The van der Waals surface area contributed by atoms with Gasteiger partial charge in [-0.15, -0.1) is 0 Å². The molecule has 0 unspecified atom stereocenters. The van der Waals surface area contributed by atoms with E-state index in [1.54, 1.807) is 0 Å². The maximum absolute atomic E-state index is 8.81. The van der Waals surface area contributed by atoms with Gasteiger partial charge in [0.2, 0.25) is 0 Å². The van der Waals surface area contributed by atoms with Crippen molar-refractivity contribution in [3.8, 4) is 0 Å². The van der Waals surface area contributed by atoms with Crippen LogP contribution < -0.4 is 10.2 Å². The Balaban J connectivity index is 2.00. The highest BCUT2D eigenvalue weighted by Crippen LogP contribution is 2.22. The highest BCUT2D eigenvalue weighted by molar-refractivity contribution is 5.49. The van der Waals surface area contributed by atoms with Gasteiger partial charge >= 0.3 is 0 Å². The molecule has 0 atom stereocenters. The summed E-state index contributed by atoms with van der Waals surface area (Å²) in [7, 11) is 0. The van der Waals surface area contributed by atoms with Crippen molar-refractivity contribution in [1.29, 1.82) is 0 Å². The predicted molar refractivity (Wildman–Crippen MR) is 83.8 cm³/mol. The first kappa shape index (κ1) is 16.0. The molecule has 2 rings (SSSR count). The number of nitrogens with one attached hydrogen (secondary N) is 1. The van der Waals surface area contributed by atoms with E-state index < -0.39 is 0 Å². The molecule has 2 N–H and O–H groups in total. The van der Waals surface area contributed by atoms with Gasteiger partial charge in [0, 0.05) is 32.1 Å². The number of aromatic nitrogens is 2. The van der Waals surface area contributed by atoms with Crippen LogP contribution in [0.1, 0.15) is 32.5 Å². The summed E-state index contributed by atoms with van der Waals surface area (Å²) in [5.74, 6) is 2.78. The Hall–Kier alpha value is -1.40. The number of aryl methyl sites for hydroxylation is 1. The Morgan fingerprint density at radius 3 is 2.71 bits per heavy atom. The summed E-state index contributed by atoms with van der Waals surface area (Å²) in [6.07, 6.45) is 3.04. The van der Waals surface area contributed by atoms with E-state index in [2.05, 4.69) is 34.0 Å². The molecule has 1 saturated heterocycles. The second-order valence-electron chi connectivity index (χ2n) is 5.19. The van der Waals surface area contributed by atoms with E-state index in [4.69, 9.17) is 9.84 Å². The van der Waals surface area contributed by atoms with Crippen LogP contribution in [0.25, 0.3) is 0 Å². The van der Waals surface area contributed by atoms with Crippen LogP contribution in [0.5, 0.6) is 0 Å². The summed E-state index contributed by atoms with van der Waals surface area (Å²) in [5.41, 5.74) is 0. The molecular weight excluding hydrogens is 268 g/mol. The lowest BCUT2D eigenvalue weighted by Crippen LogP contribution is -2.38. The van der Waals surface area contributed by atoms with Gasteiger partial charge in [0.05, 0.1) is 19.3 Å². The van der Waals surface area contributed by atoms with Gasteiger partial charge in [-0.25, -0.2) is 9.97 Å². The zero-order chi connectivity index (χ0) is 15.1. The Bertz CT molecular complexity index is 434. The highest BCUT2D eigenvalue weighted by Gasteiger charge is 2.21. The van der Waals surface area contributed by atoms with Crippen LogP contribution in [0, 0.1) is 0 Å². The average molecular weight is 294 g/mol. The largest absolute Gasteiger partial charge is 0.394 e. The van der Waals surface area contributed by atoms with Gasteiger partial charge in [0.25, 0.3) is 0 Å². The Kier molecular flexibility index (Phi) is 6.20. The number of anilines is 2. The van der Waals surface area contributed by atoms with Gasteiger partial charge in [-0.1, -0.05) is 6.92 Å². The first-order valence-corrected chi connectivity index (χ1v) is 7.86. The van der Waals surface area contributed by atoms with Gasteiger partial charge in [-0.05, 0) is 19.8 Å². The summed E-state index contributed by atoms with van der Waals surface area (Å²) >= 11 is 0. The fourth-order valence-corrected chi connectivity index (χ4v) is 2.55. The summed E-state index contributed by atoms with van der Waals surface area (Å²) in [5, 5.41) is 12.1. The molecule has 0 radical (unpaired) electrons. The SMILES string of the molecule is CCNc1cc(N2CCC(OCCO)CC2)nc(CC)n1. The molecule has 0 aliphatic carbocycles. The standard InChI is InChI=1S/C15H26N4O2/c1-3-13-17-14(16-4-2)11-15(18-13)19-7-5-12(6-8-19)21-10-9-20/h11-12,20H,3-10H2,1-2H3,(H,16,17,18).